The lowest BCUT2D eigenvalue weighted by atomic mass is 10.0. The Labute approximate surface area is 136 Å². The molecule has 0 spiro atoms. The number of carbonyl (C=O) groups excluding carboxylic acids is 1. The predicted octanol–water partition coefficient (Wildman–Crippen LogP) is 1.19. The van der Waals surface area contributed by atoms with Crippen LogP contribution >= 0.6 is 0 Å². The molecule has 1 aromatic carbocycles. The number of nitro benzene ring substituents is 1. The Balaban J connectivity index is 2.69. The van der Waals surface area contributed by atoms with Gasteiger partial charge in [-0.05, 0) is 13.3 Å². The second-order valence-corrected chi connectivity index (χ2v) is 5.59. The van der Waals surface area contributed by atoms with Crippen LogP contribution in [0.15, 0.2) is 15.7 Å². The van der Waals surface area contributed by atoms with E-state index in [9.17, 15) is 24.5 Å². The minimum Gasteiger partial charge on any atom is -0.341 e. The molecule has 2 N–H and O–H groups in total. The topological polar surface area (TPSA) is 129 Å². The van der Waals surface area contributed by atoms with Crippen LogP contribution in [0.4, 0.5) is 5.69 Å². The smallest absolute Gasteiger partial charge is 0.314 e. The maximum Gasteiger partial charge on any atom is 0.314 e. The molecule has 0 fully saturated rings. The van der Waals surface area contributed by atoms with E-state index >= 15 is 0 Å². The molecule has 0 radical (unpaired) electrons. The predicted molar refractivity (Wildman–Crippen MR) is 88.0 cm³/mol. The number of fused-ring (bicyclic) bond motifs is 1. The van der Waals surface area contributed by atoms with Gasteiger partial charge in [0.1, 0.15) is 0 Å². The Morgan fingerprint density at radius 3 is 2.50 bits per heavy atom. The maximum atomic E-state index is 12.0. The second kappa shape index (κ2) is 6.65. The standard InChI is InChI=1S/C15H18N4O5/c1-4-5-12(20)18(3)7-9-8(2)11(19(23)24)6-10-13(9)17-15(22)14(21)16-10/h6H,4-5,7H2,1-3H3,(H,16,21)(H,17,22). The summed E-state index contributed by atoms with van der Waals surface area (Å²) in [5, 5.41) is 11.3. The van der Waals surface area contributed by atoms with Gasteiger partial charge in [0.25, 0.3) is 5.69 Å². The van der Waals surface area contributed by atoms with Crippen LogP contribution in [0.3, 0.4) is 0 Å². The molecule has 0 aliphatic carbocycles. The molecule has 1 amide bonds. The minimum absolute atomic E-state index is 0.0881. The molecule has 0 aliphatic rings. The molecule has 128 valence electrons. The first-order valence-electron chi connectivity index (χ1n) is 7.43. The van der Waals surface area contributed by atoms with Crippen molar-refractivity contribution < 1.29 is 9.72 Å². The van der Waals surface area contributed by atoms with E-state index < -0.39 is 16.0 Å². The quantitative estimate of drug-likeness (QED) is 0.482. The fourth-order valence-corrected chi connectivity index (χ4v) is 2.53. The zero-order chi connectivity index (χ0) is 18.0. The largest absolute Gasteiger partial charge is 0.341 e. The molecule has 1 heterocycles. The van der Waals surface area contributed by atoms with Crippen molar-refractivity contribution in [2.24, 2.45) is 0 Å². The number of hydrogen-bond acceptors (Lipinski definition) is 5. The van der Waals surface area contributed by atoms with E-state index in [0.29, 0.717) is 29.5 Å². The summed E-state index contributed by atoms with van der Waals surface area (Å²) in [6, 6.07) is 1.21. The molecule has 2 aromatic rings. The Hall–Kier alpha value is -2.97. The van der Waals surface area contributed by atoms with Gasteiger partial charge in [-0.2, -0.15) is 0 Å². The molecule has 0 bridgehead atoms. The number of nitrogens with zero attached hydrogens (tertiary/aromatic N) is 2. The van der Waals surface area contributed by atoms with E-state index in [0.717, 1.165) is 0 Å². The van der Waals surface area contributed by atoms with Gasteiger partial charge in [0.05, 0.1) is 16.0 Å². The summed E-state index contributed by atoms with van der Waals surface area (Å²) in [6.45, 7) is 3.52. The number of H-pyrrole nitrogens is 2. The van der Waals surface area contributed by atoms with E-state index in [1.165, 1.54) is 11.0 Å². The highest BCUT2D eigenvalue weighted by Gasteiger charge is 2.21. The van der Waals surface area contributed by atoms with Crippen molar-refractivity contribution in [2.75, 3.05) is 7.05 Å². The fraction of sp³-hybridized carbons (Fsp3) is 0.400. The number of benzene rings is 1. The molecule has 1 aromatic heterocycles. The average Bonchev–Trinajstić information content (AvgIpc) is 2.51. The summed E-state index contributed by atoms with van der Waals surface area (Å²) in [6.07, 6.45) is 1.04. The molecule has 24 heavy (non-hydrogen) atoms. The number of nitro groups is 1. The van der Waals surface area contributed by atoms with E-state index in [-0.39, 0.29) is 23.7 Å². The van der Waals surface area contributed by atoms with Crippen molar-refractivity contribution in [3.63, 3.8) is 0 Å². The molecule has 0 unspecified atom stereocenters. The van der Waals surface area contributed by atoms with Crippen LogP contribution in [0.1, 0.15) is 30.9 Å². The Bertz CT molecular complexity index is 928. The van der Waals surface area contributed by atoms with Gasteiger partial charge in [-0.25, -0.2) is 0 Å². The number of aromatic amines is 2. The number of amides is 1. The third-order valence-electron chi connectivity index (χ3n) is 3.86. The van der Waals surface area contributed by atoms with Crippen LogP contribution in [-0.2, 0) is 11.3 Å². The van der Waals surface area contributed by atoms with Crippen molar-refractivity contribution in [3.8, 4) is 0 Å². The monoisotopic (exact) mass is 334 g/mol. The molecular formula is C15H18N4O5. The Kier molecular flexibility index (Phi) is 4.82. The molecule has 0 atom stereocenters. The van der Waals surface area contributed by atoms with E-state index in [2.05, 4.69) is 9.97 Å². The highest BCUT2D eigenvalue weighted by Crippen LogP contribution is 2.28. The molecular weight excluding hydrogens is 316 g/mol. The Morgan fingerprint density at radius 1 is 1.29 bits per heavy atom. The van der Waals surface area contributed by atoms with Crippen LogP contribution in [0.5, 0.6) is 0 Å². The lowest BCUT2D eigenvalue weighted by molar-refractivity contribution is -0.385. The average molecular weight is 334 g/mol. The number of aromatic nitrogens is 2. The summed E-state index contributed by atoms with van der Waals surface area (Å²) in [7, 11) is 1.59. The second-order valence-electron chi connectivity index (χ2n) is 5.59. The van der Waals surface area contributed by atoms with Gasteiger partial charge >= 0.3 is 11.1 Å². The van der Waals surface area contributed by atoms with Gasteiger partial charge in [0, 0.05) is 37.2 Å². The lowest BCUT2D eigenvalue weighted by Crippen LogP contribution is -2.30. The number of carbonyl (C=O) groups is 1. The third kappa shape index (κ3) is 3.19. The van der Waals surface area contributed by atoms with Gasteiger partial charge in [0.15, 0.2) is 0 Å². The SMILES string of the molecule is CCCC(=O)N(C)Cc1c(C)c([N+](=O)[O-])cc2[nH]c(=O)c(=O)[nH]c12. The molecule has 9 heteroatoms. The summed E-state index contributed by atoms with van der Waals surface area (Å²) in [4.78, 5) is 52.0. The van der Waals surface area contributed by atoms with Crippen LogP contribution < -0.4 is 11.1 Å². The molecule has 0 saturated carbocycles. The number of nitrogens with one attached hydrogen (secondary N) is 2. The Morgan fingerprint density at radius 2 is 1.92 bits per heavy atom. The summed E-state index contributed by atoms with van der Waals surface area (Å²) in [5.74, 6) is -0.108. The summed E-state index contributed by atoms with van der Waals surface area (Å²) >= 11 is 0. The first kappa shape index (κ1) is 17.4. The molecule has 0 aliphatic heterocycles. The van der Waals surface area contributed by atoms with Crippen LogP contribution in [0.25, 0.3) is 11.0 Å². The highest BCUT2D eigenvalue weighted by molar-refractivity contribution is 5.83. The zero-order valence-corrected chi connectivity index (χ0v) is 13.6. The molecule has 2 rings (SSSR count). The molecule has 9 nitrogen and oxygen atoms in total. The van der Waals surface area contributed by atoms with Gasteiger partial charge in [0.2, 0.25) is 5.91 Å². The lowest BCUT2D eigenvalue weighted by Gasteiger charge is -2.19. The first-order valence-corrected chi connectivity index (χ1v) is 7.43. The van der Waals surface area contributed by atoms with E-state index in [1.807, 2.05) is 6.92 Å². The van der Waals surface area contributed by atoms with Crippen LogP contribution in [0, 0.1) is 17.0 Å². The normalized spacial score (nSPS) is 10.8. The van der Waals surface area contributed by atoms with Gasteiger partial charge in [-0.1, -0.05) is 6.92 Å². The van der Waals surface area contributed by atoms with Crippen LogP contribution in [-0.4, -0.2) is 32.7 Å². The zero-order valence-electron chi connectivity index (χ0n) is 13.6. The number of rotatable bonds is 5. The van der Waals surface area contributed by atoms with Crippen molar-refractivity contribution in [1.29, 1.82) is 0 Å². The van der Waals surface area contributed by atoms with Crippen molar-refractivity contribution in [3.05, 3.63) is 48.0 Å². The van der Waals surface area contributed by atoms with E-state index in [4.69, 9.17) is 0 Å². The minimum atomic E-state index is -0.887. The van der Waals surface area contributed by atoms with Gasteiger partial charge < -0.3 is 14.9 Å². The summed E-state index contributed by atoms with van der Waals surface area (Å²) in [5.41, 5.74) is -0.703. The summed E-state index contributed by atoms with van der Waals surface area (Å²) < 4.78 is 0. The first-order chi connectivity index (χ1) is 11.3. The number of hydrogen-bond donors (Lipinski definition) is 2. The van der Waals surface area contributed by atoms with Crippen LogP contribution in [0.2, 0.25) is 0 Å². The maximum absolute atomic E-state index is 12.0. The van der Waals surface area contributed by atoms with Gasteiger partial charge in [-0.3, -0.25) is 24.5 Å². The van der Waals surface area contributed by atoms with Gasteiger partial charge in [-0.15, -0.1) is 0 Å². The van der Waals surface area contributed by atoms with Crippen molar-refractivity contribution in [1.82, 2.24) is 14.9 Å². The van der Waals surface area contributed by atoms with Crippen molar-refractivity contribution in [2.45, 2.75) is 33.2 Å². The van der Waals surface area contributed by atoms with Crippen molar-refractivity contribution >= 4 is 22.6 Å². The van der Waals surface area contributed by atoms with E-state index in [1.54, 1.807) is 14.0 Å². The third-order valence-corrected chi connectivity index (χ3v) is 3.86. The highest BCUT2D eigenvalue weighted by atomic mass is 16.6. The fourth-order valence-electron chi connectivity index (χ4n) is 2.53. The molecule has 0 saturated heterocycles.